The number of carboxylic acid groups (broad SMARTS) is 1. The van der Waals surface area contributed by atoms with Crippen molar-refractivity contribution in [3.05, 3.63) is 89.0 Å². The van der Waals surface area contributed by atoms with E-state index in [9.17, 15) is 14.7 Å². The smallest absolute Gasteiger partial charge is 0.335 e. The van der Waals surface area contributed by atoms with Crippen LogP contribution in [-0.4, -0.2) is 31.4 Å². The number of carbonyl (C=O) groups is 2. The zero-order valence-electron chi connectivity index (χ0n) is 14.9. The molecule has 0 saturated carbocycles. The van der Waals surface area contributed by atoms with Crippen molar-refractivity contribution in [3.8, 4) is 0 Å². The lowest BCUT2D eigenvalue weighted by Gasteiger charge is -2.34. The SMILES string of the molecule is Cc1cc(C2C(=O)N(Cc3ccccc3)Cc3cncn32)ccc1C(=O)O. The monoisotopic (exact) mass is 361 g/mol. The number of carbonyl (C=O) groups excluding carboxylic acids is 1. The summed E-state index contributed by atoms with van der Waals surface area (Å²) in [6.45, 7) is 2.76. The lowest BCUT2D eigenvalue weighted by atomic mass is 9.97. The largest absolute Gasteiger partial charge is 0.478 e. The molecule has 0 spiro atoms. The molecular formula is C21H19N3O3. The quantitative estimate of drug-likeness (QED) is 0.775. The van der Waals surface area contributed by atoms with Gasteiger partial charge < -0.3 is 14.6 Å². The highest BCUT2D eigenvalue weighted by Gasteiger charge is 2.34. The number of aromatic carboxylic acids is 1. The first-order valence-electron chi connectivity index (χ1n) is 8.72. The van der Waals surface area contributed by atoms with Crippen molar-refractivity contribution in [2.24, 2.45) is 0 Å². The van der Waals surface area contributed by atoms with E-state index in [2.05, 4.69) is 4.98 Å². The van der Waals surface area contributed by atoms with Gasteiger partial charge in [-0.05, 0) is 29.7 Å². The average molecular weight is 361 g/mol. The second-order valence-electron chi connectivity index (χ2n) is 6.75. The van der Waals surface area contributed by atoms with Crippen LogP contribution in [0.5, 0.6) is 0 Å². The van der Waals surface area contributed by atoms with Gasteiger partial charge in [0.15, 0.2) is 0 Å². The Labute approximate surface area is 156 Å². The van der Waals surface area contributed by atoms with Crippen LogP contribution in [0.3, 0.4) is 0 Å². The fraction of sp³-hybridized carbons (Fsp3) is 0.190. The van der Waals surface area contributed by atoms with Crippen LogP contribution in [0.4, 0.5) is 0 Å². The molecule has 0 bridgehead atoms. The molecule has 3 aromatic rings. The van der Waals surface area contributed by atoms with Crippen molar-refractivity contribution in [2.45, 2.75) is 26.1 Å². The summed E-state index contributed by atoms with van der Waals surface area (Å²) in [6.07, 6.45) is 3.44. The Balaban J connectivity index is 1.72. The number of amides is 1. The van der Waals surface area contributed by atoms with Gasteiger partial charge in [0.2, 0.25) is 0 Å². The summed E-state index contributed by atoms with van der Waals surface area (Å²) in [7, 11) is 0. The molecule has 1 aliphatic heterocycles. The van der Waals surface area contributed by atoms with E-state index >= 15 is 0 Å². The molecule has 1 amide bonds. The van der Waals surface area contributed by atoms with Crippen LogP contribution < -0.4 is 0 Å². The maximum atomic E-state index is 13.3. The molecule has 0 fully saturated rings. The standard InChI is InChI=1S/C21H19N3O3/c1-14-9-16(7-8-18(14)21(26)27)19-20(25)23(11-15-5-3-2-4-6-15)12-17-10-22-13-24(17)19/h2-10,13,19H,11-12H2,1H3,(H,26,27). The normalized spacial score (nSPS) is 16.3. The van der Waals surface area contributed by atoms with E-state index in [1.807, 2.05) is 39.8 Å². The molecule has 27 heavy (non-hydrogen) atoms. The summed E-state index contributed by atoms with van der Waals surface area (Å²) in [6, 6.07) is 14.4. The molecule has 2 aromatic carbocycles. The predicted molar refractivity (Wildman–Crippen MR) is 99.2 cm³/mol. The molecular weight excluding hydrogens is 342 g/mol. The topological polar surface area (TPSA) is 75.4 Å². The lowest BCUT2D eigenvalue weighted by Crippen LogP contribution is -2.42. The molecule has 6 nitrogen and oxygen atoms in total. The third-order valence-corrected chi connectivity index (χ3v) is 4.94. The van der Waals surface area contributed by atoms with Crippen LogP contribution >= 0.6 is 0 Å². The Morgan fingerprint density at radius 3 is 2.70 bits per heavy atom. The molecule has 1 aliphatic rings. The number of hydrogen-bond donors (Lipinski definition) is 1. The fourth-order valence-corrected chi connectivity index (χ4v) is 3.59. The summed E-state index contributed by atoms with van der Waals surface area (Å²) < 4.78 is 1.87. The predicted octanol–water partition coefficient (Wildman–Crippen LogP) is 3.02. The second-order valence-corrected chi connectivity index (χ2v) is 6.75. The number of imidazole rings is 1. The molecule has 136 valence electrons. The minimum atomic E-state index is -0.969. The number of benzene rings is 2. The summed E-state index contributed by atoms with van der Waals surface area (Å²) in [5.41, 5.74) is 3.66. The number of aryl methyl sites for hydroxylation is 1. The first-order chi connectivity index (χ1) is 13.0. The Kier molecular flexibility index (Phi) is 4.24. The van der Waals surface area contributed by atoms with Gasteiger partial charge >= 0.3 is 5.97 Å². The summed E-state index contributed by atoms with van der Waals surface area (Å²) >= 11 is 0. The average Bonchev–Trinajstić information content (AvgIpc) is 3.10. The highest BCUT2D eigenvalue weighted by molar-refractivity contribution is 5.90. The molecule has 1 aromatic heterocycles. The van der Waals surface area contributed by atoms with Crippen molar-refractivity contribution >= 4 is 11.9 Å². The number of fused-ring (bicyclic) bond motifs is 1. The molecule has 1 unspecified atom stereocenters. The molecule has 1 atom stereocenters. The fourth-order valence-electron chi connectivity index (χ4n) is 3.59. The minimum Gasteiger partial charge on any atom is -0.478 e. The van der Waals surface area contributed by atoms with Gasteiger partial charge in [0.05, 0.1) is 24.1 Å². The Bertz CT molecular complexity index is 1010. The van der Waals surface area contributed by atoms with Crippen LogP contribution in [0.2, 0.25) is 0 Å². The van der Waals surface area contributed by atoms with Crippen LogP contribution in [0.15, 0.2) is 61.1 Å². The van der Waals surface area contributed by atoms with Gasteiger partial charge in [0.1, 0.15) is 6.04 Å². The van der Waals surface area contributed by atoms with Crippen molar-refractivity contribution < 1.29 is 14.7 Å². The number of nitrogens with zero attached hydrogens (tertiary/aromatic N) is 3. The zero-order chi connectivity index (χ0) is 19.0. The first kappa shape index (κ1) is 17.0. The lowest BCUT2D eigenvalue weighted by molar-refractivity contribution is -0.136. The van der Waals surface area contributed by atoms with E-state index in [0.717, 1.165) is 16.8 Å². The minimum absolute atomic E-state index is 0.0215. The third kappa shape index (κ3) is 3.10. The summed E-state index contributed by atoms with van der Waals surface area (Å²) in [4.78, 5) is 30.6. The molecule has 2 heterocycles. The van der Waals surface area contributed by atoms with Gasteiger partial charge in [-0.1, -0.05) is 42.5 Å². The summed E-state index contributed by atoms with van der Waals surface area (Å²) in [5.74, 6) is -0.991. The Morgan fingerprint density at radius 1 is 1.22 bits per heavy atom. The molecule has 0 aliphatic carbocycles. The highest BCUT2D eigenvalue weighted by atomic mass is 16.4. The van der Waals surface area contributed by atoms with E-state index in [0.29, 0.717) is 18.7 Å². The number of carboxylic acids is 1. The van der Waals surface area contributed by atoms with Crippen molar-refractivity contribution in [2.75, 3.05) is 0 Å². The second kappa shape index (κ2) is 6.72. The van der Waals surface area contributed by atoms with Gasteiger partial charge in [-0.2, -0.15) is 0 Å². The van der Waals surface area contributed by atoms with E-state index < -0.39 is 12.0 Å². The molecule has 0 saturated heterocycles. The van der Waals surface area contributed by atoms with Crippen LogP contribution in [0.1, 0.15) is 38.8 Å². The number of rotatable bonds is 4. The summed E-state index contributed by atoms with van der Waals surface area (Å²) in [5, 5.41) is 9.26. The van der Waals surface area contributed by atoms with E-state index in [1.165, 1.54) is 0 Å². The Morgan fingerprint density at radius 2 is 2.00 bits per heavy atom. The van der Waals surface area contributed by atoms with Gasteiger partial charge in [-0.3, -0.25) is 4.79 Å². The molecule has 4 rings (SSSR count). The van der Waals surface area contributed by atoms with E-state index in [-0.39, 0.29) is 11.5 Å². The zero-order valence-corrected chi connectivity index (χ0v) is 14.9. The highest BCUT2D eigenvalue weighted by Crippen LogP contribution is 2.30. The van der Waals surface area contributed by atoms with Crippen LogP contribution in [0, 0.1) is 6.92 Å². The van der Waals surface area contributed by atoms with E-state index in [4.69, 9.17) is 0 Å². The molecule has 6 heteroatoms. The number of aromatic nitrogens is 2. The van der Waals surface area contributed by atoms with Gasteiger partial charge in [0, 0.05) is 12.7 Å². The van der Waals surface area contributed by atoms with Gasteiger partial charge in [0.25, 0.3) is 5.91 Å². The van der Waals surface area contributed by atoms with Gasteiger partial charge in [-0.15, -0.1) is 0 Å². The molecule has 0 radical (unpaired) electrons. The van der Waals surface area contributed by atoms with Crippen molar-refractivity contribution in [1.29, 1.82) is 0 Å². The third-order valence-electron chi connectivity index (χ3n) is 4.94. The van der Waals surface area contributed by atoms with Gasteiger partial charge in [-0.25, -0.2) is 9.78 Å². The van der Waals surface area contributed by atoms with Crippen LogP contribution in [-0.2, 0) is 17.9 Å². The maximum absolute atomic E-state index is 13.3. The Hall–Kier alpha value is -3.41. The number of hydrogen-bond acceptors (Lipinski definition) is 3. The molecule has 1 N–H and O–H groups in total. The first-order valence-corrected chi connectivity index (χ1v) is 8.72. The van der Waals surface area contributed by atoms with E-state index in [1.54, 1.807) is 37.6 Å². The maximum Gasteiger partial charge on any atom is 0.335 e. The van der Waals surface area contributed by atoms with Crippen LogP contribution in [0.25, 0.3) is 0 Å². The van der Waals surface area contributed by atoms with Crippen molar-refractivity contribution in [3.63, 3.8) is 0 Å². The van der Waals surface area contributed by atoms with Crippen molar-refractivity contribution in [1.82, 2.24) is 14.5 Å².